The summed E-state index contributed by atoms with van der Waals surface area (Å²) in [4.78, 5) is 11.6. The van der Waals surface area contributed by atoms with E-state index in [2.05, 4.69) is 10.2 Å². The highest BCUT2D eigenvalue weighted by molar-refractivity contribution is 6.01. The van der Waals surface area contributed by atoms with E-state index in [4.69, 9.17) is 16.2 Å². The van der Waals surface area contributed by atoms with Gasteiger partial charge in [-0.1, -0.05) is 12.1 Å². The van der Waals surface area contributed by atoms with Crippen LogP contribution >= 0.6 is 0 Å². The Kier molecular flexibility index (Phi) is 4.77. The lowest BCUT2D eigenvalue weighted by atomic mass is 9.96. The summed E-state index contributed by atoms with van der Waals surface area (Å²) in [6.07, 6.45) is 0.288. The highest BCUT2D eigenvalue weighted by atomic mass is 19.1. The molecule has 3 rings (SSSR count). The third kappa shape index (κ3) is 2.84. The van der Waals surface area contributed by atoms with E-state index in [9.17, 15) is 13.6 Å². The average molecular weight is 358 g/mol. The molecule has 0 fully saturated rings. The number of ether oxygens (including phenoxy) is 1. The topological polar surface area (TPSA) is 104 Å². The van der Waals surface area contributed by atoms with E-state index in [-0.39, 0.29) is 41.1 Å². The number of nitrogens with zero attached hydrogens (tertiary/aromatic N) is 2. The van der Waals surface area contributed by atoms with Gasteiger partial charge in [0.1, 0.15) is 11.3 Å². The number of hydrogen-bond donors (Lipinski definition) is 2. The minimum atomic E-state index is -0.763. The first-order valence-corrected chi connectivity index (χ1v) is 7.80. The van der Waals surface area contributed by atoms with Crippen LogP contribution in [0.4, 0.5) is 8.78 Å². The first-order chi connectivity index (χ1) is 12.5. The molecular formula is C18H16F2N4O2. The van der Waals surface area contributed by atoms with Gasteiger partial charge in [0.25, 0.3) is 5.91 Å². The number of nitrogens with two attached hydrogens (primary N) is 2. The maximum Gasteiger partial charge on any atom is 0.269 e. The number of methoxy groups -OCH3 is 1. The van der Waals surface area contributed by atoms with Gasteiger partial charge in [-0.2, -0.15) is 0 Å². The van der Waals surface area contributed by atoms with Gasteiger partial charge in [0.05, 0.1) is 7.11 Å². The molecule has 3 aromatic rings. The molecule has 0 saturated carbocycles. The molecule has 0 atom stereocenters. The molecule has 0 unspecified atom stereocenters. The molecule has 26 heavy (non-hydrogen) atoms. The smallest absolute Gasteiger partial charge is 0.269 e. The second kappa shape index (κ2) is 7.01. The third-order valence-electron chi connectivity index (χ3n) is 4.07. The van der Waals surface area contributed by atoms with E-state index < -0.39 is 17.5 Å². The number of fused-ring (bicyclic) bond motifs is 1. The second-order valence-electron chi connectivity index (χ2n) is 5.57. The van der Waals surface area contributed by atoms with Crippen LogP contribution in [0.15, 0.2) is 30.3 Å². The molecule has 8 heteroatoms. The van der Waals surface area contributed by atoms with Crippen LogP contribution in [0.5, 0.6) is 5.75 Å². The van der Waals surface area contributed by atoms with Crippen LogP contribution in [0, 0.1) is 11.6 Å². The number of carbonyl (C=O) groups excluding carboxylic acids is 1. The Morgan fingerprint density at radius 2 is 1.96 bits per heavy atom. The van der Waals surface area contributed by atoms with Crippen LogP contribution in [-0.4, -0.2) is 29.8 Å². The fourth-order valence-corrected chi connectivity index (χ4v) is 2.91. The van der Waals surface area contributed by atoms with Crippen molar-refractivity contribution in [1.29, 1.82) is 0 Å². The van der Waals surface area contributed by atoms with Crippen molar-refractivity contribution >= 4 is 16.8 Å². The van der Waals surface area contributed by atoms with Crippen molar-refractivity contribution in [3.8, 4) is 16.9 Å². The van der Waals surface area contributed by atoms with E-state index >= 15 is 0 Å². The van der Waals surface area contributed by atoms with Crippen LogP contribution < -0.4 is 16.2 Å². The molecule has 1 aromatic heterocycles. The van der Waals surface area contributed by atoms with E-state index in [1.54, 1.807) is 6.07 Å². The molecule has 0 radical (unpaired) electrons. The van der Waals surface area contributed by atoms with Gasteiger partial charge >= 0.3 is 0 Å². The number of primary amides is 1. The Morgan fingerprint density at radius 1 is 1.19 bits per heavy atom. The molecular weight excluding hydrogens is 342 g/mol. The summed E-state index contributed by atoms with van der Waals surface area (Å²) in [6.45, 7) is 0.224. The first-order valence-electron chi connectivity index (χ1n) is 7.80. The molecule has 0 aliphatic rings. The Balaban J connectivity index is 2.39. The van der Waals surface area contributed by atoms with Gasteiger partial charge in [-0.25, -0.2) is 8.78 Å². The molecule has 6 nitrogen and oxygen atoms in total. The predicted molar refractivity (Wildman–Crippen MR) is 92.7 cm³/mol. The van der Waals surface area contributed by atoms with Gasteiger partial charge in [-0.3, -0.25) is 4.79 Å². The van der Waals surface area contributed by atoms with Crippen molar-refractivity contribution in [2.24, 2.45) is 11.5 Å². The van der Waals surface area contributed by atoms with Gasteiger partial charge in [-0.05, 0) is 36.7 Å². The second-order valence-corrected chi connectivity index (χ2v) is 5.57. The molecule has 0 aliphatic carbocycles. The summed E-state index contributed by atoms with van der Waals surface area (Å²) in [5, 5.41) is 8.21. The van der Waals surface area contributed by atoms with Crippen molar-refractivity contribution in [3.63, 3.8) is 0 Å². The minimum absolute atomic E-state index is 0.0210. The molecule has 2 aromatic carbocycles. The number of carbonyl (C=O) groups is 1. The summed E-state index contributed by atoms with van der Waals surface area (Å²) < 4.78 is 34.3. The third-order valence-corrected chi connectivity index (χ3v) is 4.07. The number of hydrogen-bond acceptors (Lipinski definition) is 5. The number of rotatable bonds is 5. The normalized spacial score (nSPS) is 10.9. The lowest BCUT2D eigenvalue weighted by Crippen LogP contribution is -2.19. The summed E-state index contributed by atoms with van der Waals surface area (Å²) >= 11 is 0. The molecule has 134 valence electrons. The average Bonchev–Trinajstić information content (AvgIpc) is 2.62. The van der Waals surface area contributed by atoms with Crippen molar-refractivity contribution in [2.45, 2.75) is 6.42 Å². The van der Waals surface area contributed by atoms with Crippen molar-refractivity contribution in [2.75, 3.05) is 13.7 Å². The summed E-state index contributed by atoms with van der Waals surface area (Å²) in [5.41, 5.74) is 11.4. The fraction of sp³-hybridized carbons (Fsp3) is 0.167. The minimum Gasteiger partial charge on any atom is -0.494 e. The Bertz CT molecular complexity index is 1010. The van der Waals surface area contributed by atoms with Gasteiger partial charge in [0.2, 0.25) is 0 Å². The Hall–Kier alpha value is -3.13. The lowest BCUT2D eigenvalue weighted by Gasteiger charge is -2.13. The van der Waals surface area contributed by atoms with Gasteiger partial charge in [0, 0.05) is 16.5 Å². The Labute approximate surface area is 147 Å². The molecule has 0 bridgehead atoms. The van der Waals surface area contributed by atoms with Crippen molar-refractivity contribution in [3.05, 3.63) is 53.2 Å². The number of aromatic nitrogens is 2. The number of amides is 1. The van der Waals surface area contributed by atoms with E-state index in [1.807, 2.05) is 0 Å². The van der Waals surface area contributed by atoms with Crippen LogP contribution in [0.2, 0.25) is 0 Å². The first kappa shape index (κ1) is 17.7. The predicted octanol–water partition coefficient (Wildman–Crippen LogP) is 2.18. The zero-order chi connectivity index (χ0) is 18.8. The molecule has 0 aliphatic heterocycles. The molecule has 1 heterocycles. The van der Waals surface area contributed by atoms with E-state index in [1.165, 1.54) is 31.4 Å². The lowest BCUT2D eigenvalue weighted by molar-refractivity contribution is 0.0994. The molecule has 1 amide bonds. The molecule has 4 N–H and O–H groups in total. The van der Waals surface area contributed by atoms with Crippen molar-refractivity contribution < 1.29 is 18.3 Å². The molecule has 0 saturated heterocycles. The van der Waals surface area contributed by atoms with Crippen LogP contribution in [-0.2, 0) is 6.42 Å². The van der Waals surface area contributed by atoms with Gasteiger partial charge in [-0.15, -0.1) is 10.2 Å². The highest BCUT2D eigenvalue weighted by Crippen LogP contribution is 2.36. The zero-order valence-electron chi connectivity index (χ0n) is 13.9. The van der Waals surface area contributed by atoms with Gasteiger partial charge < -0.3 is 16.2 Å². The summed E-state index contributed by atoms with van der Waals surface area (Å²) in [6, 6.07) is 7.03. The van der Waals surface area contributed by atoms with Crippen LogP contribution in [0.1, 0.15) is 16.1 Å². The SMILES string of the molecule is COc1cccc(-c2c(F)ccc3c(CCN)c(C(N)=O)nnc23)c1F. The number of benzene rings is 2. The maximum atomic E-state index is 14.7. The highest BCUT2D eigenvalue weighted by Gasteiger charge is 2.22. The van der Waals surface area contributed by atoms with Crippen LogP contribution in [0.25, 0.3) is 22.0 Å². The van der Waals surface area contributed by atoms with E-state index in [0.29, 0.717) is 10.9 Å². The summed E-state index contributed by atoms with van der Waals surface area (Å²) in [5.74, 6) is -2.18. The Morgan fingerprint density at radius 3 is 2.62 bits per heavy atom. The standard InChI is InChI=1S/C18H16F2N4O2/c1-26-13-4-2-3-11(15(13)20)14-12(19)6-5-9-10(7-8-21)17(18(22)25)24-23-16(9)14/h2-6H,7-8,21H2,1H3,(H2,22,25). The quantitative estimate of drug-likeness (QED) is 0.727. The molecule has 0 spiro atoms. The monoisotopic (exact) mass is 358 g/mol. The van der Waals surface area contributed by atoms with Crippen LogP contribution in [0.3, 0.4) is 0 Å². The largest absolute Gasteiger partial charge is 0.494 e. The zero-order valence-corrected chi connectivity index (χ0v) is 13.9. The fourth-order valence-electron chi connectivity index (χ4n) is 2.91. The maximum absolute atomic E-state index is 14.7. The van der Waals surface area contributed by atoms with Gasteiger partial charge in [0.15, 0.2) is 17.3 Å². The number of halogens is 2. The van der Waals surface area contributed by atoms with E-state index in [0.717, 1.165) is 0 Å². The summed E-state index contributed by atoms with van der Waals surface area (Å²) in [7, 11) is 1.32. The van der Waals surface area contributed by atoms with Crippen molar-refractivity contribution in [1.82, 2.24) is 10.2 Å².